The number of carbonyl (C=O) groups is 2. The molecule has 2 rings (SSSR count). The summed E-state index contributed by atoms with van der Waals surface area (Å²) in [6.45, 7) is 3.72. The number of aliphatic carboxylic acids is 1. The Morgan fingerprint density at radius 3 is 2.86 bits per heavy atom. The van der Waals surface area contributed by atoms with E-state index >= 15 is 0 Å². The first-order valence-electron chi connectivity index (χ1n) is 7.42. The van der Waals surface area contributed by atoms with Crippen molar-refractivity contribution in [3.05, 3.63) is 29.8 Å². The fraction of sp³-hybridized carbons (Fsp3) is 0.500. The lowest BCUT2D eigenvalue weighted by atomic mass is 10.0. The number of likely N-dealkylation sites (tertiary alicyclic amines) is 1. The molecule has 1 fully saturated rings. The average molecular weight is 290 g/mol. The molecule has 0 aliphatic carbocycles. The maximum absolute atomic E-state index is 12.3. The van der Waals surface area contributed by atoms with Crippen LogP contribution >= 0.6 is 0 Å². The molecule has 0 bridgehead atoms. The van der Waals surface area contributed by atoms with Crippen molar-refractivity contribution in [3.8, 4) is 0 Å². The summed E-state index contributed by atoms with van der Waals surface area (Å²) in [5.41, 5.74) is 1.57. The molecule has 2 N–H and O–H groups in total. The van der Waals surface area contributed by atoms with Gasteiger partial charge in [0.2, 0.25) is 0 Å². The second-order valence-electron chi connectivity index (χ2n) is 5.67. The van der Waals surface area contributed by atoms with Crippen LogP contribution in [-0.4, -0.2) is 35.1 Å². The van der Waals surface area contributed by atoms with Crippen LogP contribution in [0.2, 0.25) is 0 Å². The van der Waals surface area contributed by atoms with Gasteiger partial charge in [-0.3, -0.25) is 4.79 Å². The predicted octanol–water partition coefficient (Wildman–Crippen LogP) is 2.97. The third-order valence-electron chi connectivity index (χ3n) is 3.81. The van der Waals surface area contributed by atoms with Crippen LogP contribution in [0.25, 0.3) is 0 Å². The van der Waals surface area contributed by atoms with Crippen LogP contribution in [0.15, 0.2) is 24.3 Å². The van der Waals surface area contributed by atoms with Gasteiger partial charge in [0.1, 0.15) is 0 Å². The molecule has 0 spiro atoms. The summed E-state index contributed by atoms with van der Waals surface area (Å²) in [4.78, 5) is 24.8. The Hall–Kier alpha value is -2.04. The van der Waals surface area contributed by atoms with Crippen LogP contribution in [0.5, 0.6) is 0 Å². The molecule has 5 nitrogen and oxygen atoms in total. The van der Waals surface area contributed by atoms with Crippen molar-refractivity contribution in [2.45, 2.75) is 32.6 Å². The largest absolute Gasteiger partial charge is 0.481 e. The van der Waals surface area contributed by atoms with Gasteiger partial charge < -0.3 is 15.3 Å². The van der Waals surface area contributed by atoms with Gasteiger partial charge in [0.05, 0.1) is 0 Å². The Balaban J connectivity index is 2.01. The van der Waals surface area contributed by atoms with Gasteiger partial charge in [-0.1, -0.05) is 25.1 Å². The van der Waals surface area contributed by atoms with Gasteiger partial charge in [-0.15, -0.1) is 0 Å². The van der Waals surface area contributed by atoms with Gasteiger partial charge in [-0.2, -0.15) is 0 Å². The van der Waals surface area contributed by atoms with Gasteiger partial charge in [-0.05, 0) is 36.8 Å². The van der Waals surface area contributed by atoms with Gasteiger partial charge >= 0.3 is 12.0 Å². The molecule has 0 radical (unpaired) electrons. The van der Waals surface area contributed by atoms with Crippen molar-refractivity contribution in [3.63, 3.8) is 0 Å². The number of carboxylic acid groups (broad SMARTS) is 1. The van der Waals surface area contributed by atoms with E-state index < -0.39 is 5.97 Å². The molecular formula is C16H22N2O3. The number of benzene rings is 1. The number of urea groups is 1. The molecule has 1 aliphatic rings. The molecule has 1 aromatic rings. The van der Waals surface area contributed by atoms with E-state index in [1.165, 1.54) is 6.42 Å². The van der Waals surface area contributed by atoms with Gasteiger partial charge in [-0.25, -0.2) is 4.79 Å². The molecule has 1 saturated heterocycles. The lowest BCUT2D eigenvalue weighted by molar-refractivity contribution is -0.136. The first-order chi connectivity index (χ1) is 10.1. The van der Waals surface area contributed by atoms with Crippen LogP contribution in [0, 0.1) is 5.92 Å². The molecule has 1 atom stereocenters. The van der Waals surface area contributed by atoms with Gasteiger partial charge in [0.25, 0.3) is 0 Å². The highest BCUT2D eigenvalue weighted by atomic mass is 16.4. The SMILES string of the molecule is CC1CCCN(C(=O)Nc2ccccc2CCC(=O)O)C1. The van der Waals surface area contributed by atoms with E-state index in [0.717, 1.165) is 25.1 Å². The molecule has 5 heteroatoms. The minimum absolute atomic E-state index is 0.0631. The number of hydrogen-bond acceptors (Lipinski definition) is 2. The molecule has 1 aliphatic heterocycles. The zero-order valence-corrected chi connectivity index (χ0v) is 12.3. The number of aryl methyl sites for hydroxylation is 1. The number of nitrogens with zero attached hydrogens (tertiary/aromatic N) is 1. The Morgan fingerprint density at radius 2 is 2.14 bits per heavy atom. The minimum Gasteiger partial charge on any atom is -0.481 e. The fourth-order valence-corrected chi connectivity index (χ4v) is 2.67. The van der Waals surface area contributed by atoms with Crippen LogP contribution < -0.4 is 5.32 Å². The first-order valence-corrected chi connectivity index (χ1v) is 7.42. The third-order valence-corrected chi connectivity index (χ3v) is 3.81. The number of carbonyl (C=O) groups excluding carboxylic acids is 1. The highest BCUT2D eigenvalue weighted by Gasteiger charge is 2.21. The summed E-state index contributed by atoms with van der Waals surface area (Å²) >= 11 is 0. The van der Waals surface area contributed by atoms with E-state index in [9.17, 15) is 9.59 Å². The maximum Gasteiger partial charge on any atom is 0.321 e. The Bertz CT molecular complexity index is 516. The number of rotatable bonds is 4. The summed E-state index contributed by atoms with van der Waals surface area (Å²) in [5, 5.41) is 11.7. The zero-order valence-electron chi connectivity index (χ0n) is 12.3. The Labute approximate surface area is 125 Å². The van der Waals surface area contributed by atoms with Crippen molar-refractivity contribution in [2.75, 3.05) is 18.4 Å². The number of para-hydroxylation sites is 1. The van der Waals surface area contributed by atoms with Crippen molar-refractivity contribution in [1.29, 1.82) is 0 Å². The van der Waals surface area contributed by atoms with E-state index in [1.807, 2.05) is 29.2 Å². The van der Waals surface area contributed by atoms with E-state index in [2.05, 4.69) is 12.2 Å². The van der Waals surface area contributed by atoms with E-state index in [0.29, 0.717) is 18.0 Å². The number of piperidine rings is 1. The van der Waals surface area contributed by atoms with Crippen molar-refractivity contribution < 1.29 is 14.7 Å². The highest BCUT2D eigenvalue weighted by molar-refractivity contribution is 5.90. The minimum atomic E-state index is -0.832. The topological polar surface area (TPSA) is 69.6 Å². The molecule has 21 heavy (non-hydrogen) atoms. The second kappa shape index (κ2) is 7.11. The molecule has 0 aromatic heterocycles. The van der Waals surface area contributed by atoms with E-state index in [-0.39, 0.29) is 12.5 Å². The lowest BCUT2D eigenvalue weighted by Crippen LogP contribution is -2.41. The maximum atomic E-state index is 12.3. The Kier molecular flexibility index (Phi) is 5.20. The number of carboxylic acids is 1. The van der Waals surface area contributed by atoms with Gasteiger partial charge in [0.15, 0.2) is 0 Å². The van der Waals surface area contributed by atoms with Crippen molar-refractivity contribution in [2.24, 2.45) is 5.92 Å². The van der Waals surface area contributed by atoms with Crippen LogP contribution in [0.4, 0.5) is 10.5 Å². The quantitative estimate of drug-likeness (QED) is 0.895. The normalized spacial score (nSPS) is 18.3. The van der Waals surface area contributed by atoms with Crippen LogP contribution in [0.1, 0.15) is 31.7 Å². The second-order valence-corrected chi connectivity index (χ2v) is 5.67. The molecule has 0 saturated carbocycles. The molecule has 114 valence electrons. The molecular weight excluding hydrogens is 268 g/mol. The van der Waals surface area contributed by atoms with Crippen LogP contribution in [0.3, 0.4) is 0 Å². The van der Waals surface area contributed by atoms with Gasteiger partial charge in [0, 0.05) is 25.2 Å². The summed E-state index contributed by atoms with van der Waals surface area (Å²) in [6.07, 6.45) is 2.68. The average Bonchev–Trinajstić information content (AvgIpc) is 2.46. The number of anilines is 1. The monoisotopic (exact) mass is 290 g/mol. The third kappa shape index (κ3) is 4.48. The van der Waals surface area contributed by atoms with Crippen LogP contribution in [-0.2, 0) is 11.2 Å². The zero-order chi connectivity index (χ0) is 15.2. The molecule has 1 heterocycles. The fourth-order valence-electron chi connectivity index (χ4n) is 2.67. The smallest absolute Gasteiger partial charge is 0.321 e. The van der Waals surface area contributed by atoms with E-state index in [4.69, 9.17) is 5.11 Å². The van der Waals surface area contributed by atoms with Crippen molar-refractivity contribution in [1.82, 2.24) is 4.90 Å². The summed E-state index contributed by atoms with van der Waals surface area (Å²) in [5.74, 6) is -0.298. The lowest BCUT2D eigenvalue weighted by Gasteiger charge is -2.31. The summed E-state index contributed by atoms with van der Waals surface area (Å²) in [6, 6.07) is 7.29. The Morgan fingerprint density at radius 1 is 1.38 bits per heavy atom. The highest BCUT2D eigenvalue weighted by Crippen LogP contribution is 2.20. The van der Waals surface area contributed by atoms with Crippen molar-refractivity contribution >= 4 is 17.7 Å². The number of amides is 2. The molecule has 1 unspecified atom stereocenters. The summed E-state index contributed by atoms with van der Waals surface area (Å²) < 4.78 is 0. The standard InChI is InChI=1S/C16H22N2O3/c1-12-5-4-10-18(11-12)16(21)17-14-7-3-2-6-13(14)8-9-15(19)20/h2-3,6-7,12H,4-5,8-11H2,1H3,(H,17,21)(H,19,20). The predicted molar refractivity (Wildman–Crippen MR) is 81.4 cm³/mol. The molecule has 1 aromatic carbocycles. The summed E-state index contributed by atoms with van der Waals surface area (Å²) in [7, 11) is 0. The first kappa shape index (κ1) is 15.4. The number of nitrogens with one attached hydrogen (secondary N) is 1. The van der Waals surface area contributed by atoms with E-state index in [1.54, 1.807) is 0 Å². The molecule has 2 amide bonds. The number of hydrogen-bond donors (Lipinski definition) is 2.